The van der Waals surface area contributed by atoms with Crippen molar-refractivity contribution in [2.45, 2.75) is 39.5 Å². The summed E-state index contributed by atoms with van der Waals surface area (Å²) in [5.74, 6) is -0.651. The molecule has 14 heavy (non-hydrogen) atoms. The molecular formula is C11H18O3. The molecule has 0 aliphatic heterocycles. The van der Waals surface area contributed by atoms with Gasteiger partial charge in [0.25, 0.3) is 0 Å². The lowest BCUT2D eigenvalue weighted by molar-refractivity contribution is -0.137. The van der Waals surface area contributed by atoms with Crippen LogP contribution < -0.4 is 0 Å². The maximum absolute atomic E-state index is 11.5. The Morgan fingerprint density at radius 2 is 1.93 bits per heavy atom. The summed E-state index contributed by atoms with van der Waals surface area (Å²) in [6, 6.07) is 0. The van der Waals surface area contributed by atoms with Gasteiger partial charge in [-0.3, -0.25) is 4.79 Å². The Kier molecular flexibility index (Phi) is 6.72. The van der Waals surface area contributed by atoms with Crippen molar-refractivity contribution in [2.75, 3.05) is 7.11 Å². The molecule has 0 saturated heterocycles. The first-order chi connectivity index (χ1) is 6.67. The minimum Gasteiger partial charge on any atom is -0.465 e. The molecule has 0 spiro atoms. The lowest BCUT2D eigenvalue weighted by atomic mass is 10.1. The van der Waals surface area contributed by atoms with Gasteiger partial charge in [0.05, 0.1) is 12.7 Å². The molecule has 80 valence electrons. The summed E-state index contributed by atoms with van der Waals surface area (Å²) in [7, 11) is 1.28. The third-order valence-corrected chi connectivity index (χ3v) is 2.00. The standard InChI is InChI=1S/C11H18O3/c1-4-6-7-8-10(12)9(5-2)11(13)14-3/h5H,4,6-8H2,1-3H3/b9-5-. The summed E-state index contributed by atoms with van der Waals surface area (Å²) in [4.78, 5) is 22.6. The van der Waals surface area contributed by atoms with Crippen molar-refractivity contribution in [1.29, 1.82) is 0 Å². The van der Waals surface area contributed by atoms with E-state index in [0.29, 0.717) is 6.42 Å². The molecule has 0 unspecified atom stereocenters. The van der Waals surface area contributed by atoms with Crippen LogP contribution in [0, 0.1) is 0 Å². The second-order valence-electron chi connectivity index (χ2n) is 3.07. The molecule has 0 atom stereocenters. The van der Waals surface area contributed by atoms with E-state index in [4.69, 9.17) is 0 Å². The number of Topliss-reactive ketones (excluding diaryl/α,β-unsaturated/α-hetero) is 1. The minimum absolute atomic E-state index is 0.118. The van der Waals surface area contributed by atoms with E-state index in [1.54, 1.807) is 6.92 Å². The largest absolute Gasteiger partial charge is 0.465 e. The Bertz CT molecular complexity index is 229. The smallest absolute Gasteiger partial charge is 0.341 e. The molecule has 0 saturated carbocycles. The Hall–Kier alpha value is -1.12. The molecule has 0 aromatic rings. The molecule has 0 radical (unpaired) electrons. The highest BCUT2D eigenvalue weighted by Crippen LogP contribution is 2.07. The van der Waals surface area contributed by atoms with E-state index in [0.717, 1.165) is 19.3 Å². The van der Waals surface area contributed by atoms with Crippen LogP contribution in [-0.2, 0) is 14.3 Å². The number of rotatable bonds is 6. The van der Waals surface area contributed by atoms with Crippen molar-refractivity contribution >= 4 is 11.8 Å². The number of unbranched alkanes of at least 4 members (excludes halogenated alkanes) is 2. The number of ether oxygens (including phenoxy) is 1. The summed E-state index contributed by atoms with van der Waals surface area (Å²) in [5.41, 5.74) is 0.170. The van der Waals surface area contributed by atoms with Crippen LogP contribution in [0.4, 0.5) is 0 Å². The molecule has 0 aliphatic carbocycles. The van der Waals surface area contributed by atoms with Crippen LogP contribution in [0.25, 0.3) is 0 Å². The molecule has 0 rings (SSSR count). The van der Waals surface area contributed by atoms with Crippen LogP contribution in [-0.4, -0.2) is 18.9 Å². The predicted octanol–water partition coefficient (Wildman–Crippen LogP) is 2.26. The number of carbonyl (C=O) groups is 2. The molecular weight excluding hydrogens is 180 g/mol. The van der Waals surface area contributed by atoms with Gasteiger partial charge in [0.15, 0.2) is 5.78 Å². The van der Waals surface area contributed by atoms with Crippen LogP contribution in [0.15, 0.2) is 11.6 Å². The molecule has 0 amide bonds. The quantitative estimate of drug-likeness (QED) is 0.216. The fraction of sp³-hybridized carbons (Fsp3) is 0.636. The van der Waals surface area contributed by atoms with E-state index in [-0.39, 0.29) is 11.4 Å². The molecule has 0 bridgehead atoms. The molecule has 0 fully saturated rings. The highest BCUT2D eigenvalue weighted by Gasteiger charge is 2.16. The molecule has 0 heterocycles. The number of hydrogen-bond acceptors (Lipinski definition) is 3. The van der Waals surface area contributed by atoms with Crippen LogP contribution in [0.1, 0.15) is 39.5 Å². The van der Waals surface area contributed by atoms with Gasteiger partial charge in [-0.2, -0.15) is 0 Å². The van der Waals surface area contributed by atoms with Crippen molar-refractivity contribution < 1.29 is 14.3 Å². The van der Waals surface area contributed by atoms with Crippen molar-refractivity contribution in [1.82, 2.24) is 0 Å². The first-order valence-corrected chi connectivity index (χ1v) is 4.95. The molecule has 0 N–H and O–H groups in total. The number of carbonyl (C=O) groups excluding carboxylic acids is 2. The van der Waals surface area contributed by atoms with Crippen LogP contribution in [0.3, 0.4) is 0 Å². The fourth-order valence-electron chi connectivity index (χ4n) is 1.17. The molecule has 0 aliphatic rings. The van der Waals surface area contributed by atoms with Gasteiger partial charge in [-0.15, -0.1) is 0 Å². The third kappa shape index (κ3) is 4.21. The van der Waals surface area contributed by atoms with Gasteiger partial charge in [0.1, 0.15) is 0 Å². The maximum Gasteiger partial charge on any atom is 0.341 e. The van der Waals surface area contributed by atoms with E-state index in [9.17, 15) is 9.59 Å². The van der Waals surface area contributed by atoms with E-state index in [1.807, 2.05) is 0 Å². The van der Waals surface area contributed by atoms with Crippen molar-refractivity contribution in [3.63, 3.8) is 0 Å². The summed E-state index contributed by atoms with van der Waals surface area (Å²) >= 11 is 0. The summed E-state index contributed by atoms with van der Waals surface area (Å²) in [6.07, 6.45) is 4.87. The molecule has 0 aromatic carbocycles. The predicted molar refractivity (Wildman–Crippen MR) is 54.9 cm³/mol. The van der Waals surface area contributed by atoms with Gasteiger partial charge in [-0.05, 0) is 13.3 Å². The normalized spacial score (nSPS) is 11.2. The Balaban J connectivity index is 4.14. The summed E-state index contributed by atoms with van der Waals surface area (Å²) in [5, 5.41) is 0. The van der Waals surface area contributed by atoms with Crippen molar-refractivity contribution in [3.8, 4) is 0 Å². The number of methoxy groups -OCH3 is 1. The van der Waals surface area contributed by atoms with Gasteiger partial charge >= 0.3 is 5.97 Å². The topological polar surface area (TPSA) is 43.4 Å². The maximum atomic E-state index is 11.5. The Labute approximate surface area is 85.1 Å². The zero-order valence-corrected chi connectivity index (χ0v) is 9.13. The first kappa shape index (κ1) is 12.9. The first-order valence-electron chi connectivity index (χ1n) is 4.95. The van der Waals surface area contributed by atoms with Gasteiger partial charge in [-0.25, -0.2) is 4.79 Å². The summed E-state index contributed by atoms with van der Waals surface area (Å²) < 4.78 is 4.50. The summed E-state index contributed by atoms with van der Waals surface area (Å²) in [6.45, 7) is 3.74. The monoisotopic (exact) mass is 198 g/mol. The highest BCUT2D eigenvalue weighted by molar-refractivity contribution is 6.17. The van der Waals surface area contributed by atoms with Crippen LogP contribution >= 0.6 is 0 Å². The number of allylic oxidation sites excluding steroid dienone is 1. The average Bonchev–Trinajstić information content (AvgIpc) is 2.19. The number of hydrogen-bond donors (Lipinski definition) is 0. The fourth-order valence-corrected chi connectivity index (χ4v) is 1.17. The van der Waals surface area contributed by atoms with E-state index in [2.05, 4.69) is 11.7 Å². The minimum atomic E-state index is -0.533. The lowest BCUT2D eigenvalue weighted by Crippen LogP contribution is -2.14. The van der Waals surface area contributed by atoms with E-state index < -0.39 is 5.97 Å². The van der Waals surface area contributed by atoms with Gasteiger partial charge in [-0.1, -0.05) is 25.8 Å². The second-order valence-corrected chi connectivity index (χ2v) is 3.07. The number of ketones is 1. The van der Waals surface area contributed by atoms with Gasteiger partial charge < -0.3 is 4.74 Å². The SMILES string of the molecule is C/C=C(/C(=O)CCCCC)C(=O)OC. The van der Waals surface area contributed by atoms with Crippen LogP contribution in [0.2, 0.25) is 0 Å². The zero-order chi connectivity index (χ0) is 11.0. The highest BCUT2D eigenvalue weighted by atomic mass is 16.5. The molecule has 0 aromatic heterocycles. The third-order valence-electron chi connectivity index (χ3n) is 2.00. The molecule has 3 heteroatoms. The average molecular weight is 198 g/mol. The number of esters is 1. The van der Waals surface area contributed by atoms with Crippen LogP contribution in [0.5, 0.6) is 0 Å². The lowest BCUT2D eigenvalue weighted by Gasteiger charge is -2.03. The Morgan fingerprint density at radius 3 is 2.36 bits per heavy atom. The van der Waals surface area contributed by atoms with Gasteiger partial charge in [0.2, 0.25) is 0 Å². The van der Waals surface area contributed by atoms with E-state index in [1.165, 1.54) is 13.2 Å². The van der Waals surface area contributed by atoms with Crippen molar-refractivity contribution in [2.24, 2.45) is 0 Å². The zero-order valence-electron chi connectivity index (χ0n) is 9.13. The molecule has 3 nitrogen and oxygen atoms in total. The van der Waals surface area contributed by atoms with E-state index >= 15 is 0 Å². The van der Waals surface area contributed by atoms with Gasteiger partial charge in [0, 0.05) is 6.42 Å². The van der Waals surface area contributed by atoms with Crippen molar-refractivity contribution in [3.05, 3.63) is 11.6 Å². The Morgan fingerprint density at radius 1 is 1.29 bits per heavy atom. The second kappa shape index (κ2) is 7.30.